The largest absolute Gasteiger partial charge is 0.481 e. The Balaban J connectivity index is 0.000000181. The molecule has 3 aromatic carbocycles. The third kappa shape index (κ3) is 18.2. The van der Waals surface area contributed by atoms with E-state index in [4.69, 9.17) is 9.84 Å². The summed E-state index contributed by atoms with van der Waals surface area (Å²) in [5, 5.41) is 57.3. The second-order valence-corrected chi connectivity index (χ2v) is 24.7. The van der Waals surface area contributed by atoms with E-state index in [0.717, 1.165) is 90.5 Å². The summed E-state index contributed by atoms with van der Waals surface area (Å²) >= 11 is 0. The zero-order chi connectivity index (χ0) is 66.6. The van der Waals surface area contributed by atoms with Crippen LogP contribution >= 0.6 is 0 Å². The van der Waals surface area contributed by atoms with Crippen LogP contribution in [0.15, 0.2) is 91.0 Å². The van der Waals surface area contributed by atoms with Crippen molar-refractivity contribution in [2.24, 2.45) is 38.9 Å². The van der Waals surface area contributed by atoms with Gasteiger partial charge in [-0.2, -0.15) is 15.8 Å². The Morgan fingerprint density at radius 3 is 1.14 bits per heavy atom. The van der Waals surface area contributed by atoms with Gasteiger partial charge in [0.15, 0.2) is 0 Å². The predicted molar refractivity (Wildman–Crippen MR) is 349 cm³/mol. The van der Waals surface area contributed by atoms with Gasteiger partial charge in [0.1, 0.15) is 35.2 Å². The Kier molecular flexibility index (Phi) is 25.1. The molecule has 23 heteroatoms. The molecule has 1 saturated heterocycles. The van der Waals surface area contributed by atoms with E-state index in [1.807, 2.05) is 139 Å². The van der Waals surface area contributed by atoms with Gasteiger partial charge >= 0.3 is 5.97 Å². The standard InChI is InChI=1S/C26H33N5O4.C22H26N4O4.C22H28N4O2/c1-30-22-9-5-2-6-18(22)16-23(30)26(34)29-21-8-4-3-7-20(21)25(33)28-19(17-27)10-11-24(32)31-12-14-35-15-13-31;1-26-18-9-5-2-6-14(18)12-19(26)22(30)25-17-8-4-3-7-16(17)21(29)24-15(13-23)10-11-20(27)28;1-3-8-16(14-23)24-21(27)17-10-5-6-11-18(17)25-22(28)20-13-15-9-4-7-12-19(15)26(20)2/h2,5-6,9,16,19-21H,3-4,7-8,10-15H2,1H3,(H,28,33)(H,29,34);2,5-6,9,12,15-17H,3-4,7-8,10-11H2,1H3,(H,24,29)(H,25,30)(H,27,28);4,7,9,12-13,16-18H,3,5-6,8,10-11H2,1-2H3,(H,24,27)(H,25,28)/t19-,20+,21-;15-,16+,17-;16-,17+,18-/m000/s1. The van der Waals surface area contributed by atoms with E-state index in [2.05, 4.69) is 44.0 Å². The molecule has 4 heterocycles. The molecule has 9 atom stereocenters. The predicted octanol–water partition coefficient (Wildman–Crippen LogP) is 7.73. The van der Waals surface area contributed by atoms with Gasteiger partial charge in [0, 0.05) is 97.9 Å². The van der Waals surface area contributed by atoms with Crippen molar-refractivity contribution >= 4 is 80.0 Å². The number of para-hydroxylation sites is 3. The van der Waals surface area contributed by atoms with Crippen LogP contribution in [0.4, 0.5) is 0 Å². The summed E-state index contributed by atoms with van der Waals surface area (Å²) in [5.41, 5.74) is 4.59. The van der Waals surface area contributed by atoms with Gasteiger partial charge in [0.25, 0.3) is 17.7 Å². The van der Waals surface area contributed by atoms with Crippen LogP contribution in [0, 0.1) is 51.7 Å². The first kappa shape index (κ1) is 69.4. The summed E-state index contributed by atoms with van der Waals surface area (Å²) in [6.07, 6.45) is 11.5. The molecule has 1 aliphatic heterocycles. The minimum absolute atomic E-state index is 0.0273. The summed E-state index contributed by atoms with van der Waals surface area (Å²) < 4.78 is 10.8. The van der Waals surface area contributed by atoms with E-state index in [1.54, 1.807) is 4.90 Å². The fourth-order valence-electron chi connectivity index (χ4n) is 13.2. The summed E-state index contributed by atoms with van der Waals surface area (Å²) in [6, 6.07) is 32.3. The lowest BCUT2D eigenvalue weighted by Gasteiger charge is -2.32. The lowest BCUT2D eigenvalue weighted by atomic mass is 9.83. The van der Waals surface area contributed by atoms with Crippen molar-refractivity contribution in [2.45, 2.75) is 159 Å². The molecule has 492 valence electrons. The number of carboxylic acids is 1. The molecule has 6 aromatic rings. The first-order valence-corrected chi connectivity index (χ1v) is 32.7. The first-order valence-electron chi connectivity index (χ1n) is 32.7. The maximum absolute atomic E-state index is 13.1. The summed E-state index contributed by atoms with van der Waals surface area (Å²) in [7, 11) is 5.57. The topological polar surface area (TPSA) is 328 Å². The number of aromatic nitrogens is 3. The number of carbonyl (C=O) groups excluding carboxylic acids is 7. The van der Waals surface area contributed by atoms with Gasteiger partial charge in [0.2, 0.25) is 23.6 Å². The minimum Gasteiger partial charge on any atom is -0.481 e. The second-order valence-electron chi connectivity index (χ2n) is 24.7. The number of rotatable bonds is 20. The fourth-order valence-corrected chi connectivity index (χ4v) is 13.2. The highest BCUT2D eigenvalue weighted by Crippen LogP contribution is 2.30. The van der Waals surface area contributed by atoms with Crippen molar-refractivity contribution in [1.29, 1.82) is 15.8 Å². The fraction of sp³-hybridized carbons (Fsp3) is 0.500. The lowest BCUT2D eigenvalue weighted by molar-refractivity contribution is -0.137. The number of amides is 7. The van der Waals surface area contributed by atoms with Crippen LogP contribution in [0.25, 0.3) is 32.7 Å². The number of ether oxygens (including phenoxy) is 1. The van der Waals surface area contributed by atoms with Crippen LogP contribution in [0.3, 0.4) is 0 Å². The number of hydrogen-bond acceptors (Lipinski definition) is 12. The zero-order valence-electron chi connectivity index (χ0n) is 53.7. The summed E-state index contributed by atoms with van der Waals surface area (Å²) in [6.45, 7) is 4.16. The molecule has 23 nitrogen and oxygen atoms in total. The molecule has 7 amide bonds. The van der Waals surface area contributed by atoms with E-state index < -0.39 is 35.9 Å². The number of carboxylic acid groups (broad SMARTS) is 1. The highest BCUT2D eigenvalue weighted by atomic mass is 16.5. The average Bonchev–Trinajstić information content (AvgIpc) is 1.79. The van der Waals surface area contributed by atoms with E-state index >= 15 is 0 Å². The quantitative estimate of drug-likeness (QED) is 0.0385. The van der Waals surface area contributed by atoms with Crippen LogP contribution in [-0.4, -0.2) is 134 Å². The van der Waals surface area contributed by atoms with Crippen molar-refractivity contribution in [3.8, 4) is 18.2 Å². The Labute approximate surface area is 542 Å². The number of carbonyl (C=O) groups is 8. The monoisotopic (exact) mass is 1270 g/mol. The molecule has 0 unspecified atom stereocenters. The highest BCUT2D eigenvalue weighted by Gasteiger charge is 2.37. The number of nitriles is 3. The summed E-state index contributed by atoms with van der Waals surface area (Å²) in [5.74, 6) is -3.46. The van der Waals surface area contributed by atoms with Gasteiger partial charge in [-0.3, -0.25) is 38.4 Å². The number of nitrogens with zero attached hydrogens (tertiary/aromatic N) is 7. The third-order valence-corrected chi connectivity index (χ3v) is 18.5. The number of hydrogen-bond donors (Lipinski definition) is 7. The molecule has 7 N–H and O–H groups in total. The molecule has 0 spiro atoms. The Bertz CT molecular complexity index is 3770. The Morgan fingerprint density at radius 2 is 0.817 bits per heavy atom. The van der Waals surface area contributed by atoms with Gasteiger partial charge in [-0.15, -0.1) is 0 Å². The molecule has 0 radical (unpaired) electrons. The van der Waals surface area contributed by atoms with Crippen molar-refractivity contribution in [1.82, 2.24) is 50.5 Å². The van der Waals surface area contributed by atoms with Gasteiger partial charge in [-0.1, -0.05) is 106 Å². The Morgan fingerprint density at radius 1 is 0.495 bits per heavy atom. The summed E-state index contributed by atoms with van der Waals surface area (Å²) in [4.78, 5) is 103. The normalized spacial score (nSPS) is 20.4. The maximum atomic E-state index is 13.1. The Hall–Kier alpha value is -9.53. The second kappa shape index (κ2) is 33.7. The molecular weight excluding hydrogens is 1180 g/mol. The van der Waals surface area contributed by atoms with Crippen LogP contribution in [0.1, 0.15) is 154 Å². The molecule has 93 heavy (non-hydrogen) atoms. The van der Waals surface area contributed by atoms with Crippen molar-refractivity contribution in [3.05, 3.63) is 108 Å². The van der Waals surface area contributed by atoms with E-state index in [1.165, 1.54) is 0 Å². The molecular formula is C70H87N13O10. The third-order valence-electron chi connectivity index (χ3n) is 18.5. The van der Waals surface area contributed by atoms with Gasteiger partial charge in [-0.25, -0.2) is 0 Å². The maximum Gasteiger partial charge on any atom is 0.303 e. The molecule has 3 aromatic heterocycles. The van der Waals surface area contributed by atoms with Crippen molar-refractivity contribution in [3.63, 3.8) is 0 Å². The van der Waals surface area contributed by atoms with Gasteiger partial charge < -0.3 is 60.3 Å². The minimum atomic E-state index is -1.01. The molecule has 4 fully saturated rings. The first-order chi connectivity index (χ1) is 44.9. The van der Waals surface area contributed by atoms with Crippen LogP contribution in [0.5, 0.6) is 0 Å². The number of aliphatic carboxylic acids is 1. The number of nitrogens with one attached hydrogen (secondary N) is 6. The lowest BCUT2D eigenvalue weighted by Crippen LogP contribution is -2.50. The molecule has 0 bridgehead atoms. The van der Waals surface area contributed by atoms with Crippen molar-refractivity contribution in [2.75, 3.05) is 26.3 Å². The van der Waals surface area contributed by atoms with Gasteiger partial charge in [-0.05, 0) is 94.2 Å². The molecule has 3 aliphatic carbocycles. The van der Waals surface area contributed by atoms with Crippen LogP contribution in [-0.2, 0) is 49.9 Å². The van der Waals surface area contributed by atoms with Crippen LogP contribution in [0.2, 0.25) is 0 Å². The van der Waals surface area contributed by atoms with Gasteiger partial charge in [0.05, 0.1) is 49.2 Å². The SMILES string of the molecule is CCC[C@@H](C#N)NC(=O)[C@@H]1CCCC[C@@H]1NC(=O)c1cc2ccccc2n1C.Cn1c(C(=O)N[C@H]2CCCC[C@H]2C(=O)N[C@H](C#N)CCC(=O)N2CCOCC2)cc2ccccc21.Cn1c(C(=O)N[C@H]2CCCC[C@H]2C(=O)N[C@H](C#N)CCC(=O)O)cc2ccccc21. The average molecular weight is 1270 g/mol. The van der Waals surface area contributed by atoms with E-state index in [9.17, 15) is 54.1 Å². The molecule has 3 saturated carbocycles. The number of fused-ring (bicyclic) bond motifs is 3. The van der Waals surface area contributed by atoms with Crippen LogP contribution < -0.4 is 31.9 Å². The highest BCUT2D eigenvalue weighted by molar-refractivity contribution is 6.01. The number of morpholine rings is 1. The smallest absolute Gasteiger partial charge is 0.303 e. The number of benzene rings is 3. The van der Waals surface area contributed by atoms with E-state index in [-0.39, 0.29) is 91.1 Å². The zero-order valence-corrected chi connectivity index (χ0v) is 53.7. The number of aryl methyl sites for hydroxylation is 3. The molecule has 4 aliphatic rings. The van der Waals surface area contributed by atoms with E-state index in [0.29, 0.717) is 75.5 Å². The molecule has 10 rings (SSSR count). The van der Waals surface area contributed by atoms with Crippen molar-refractivity contribution < 1.29 is 48.2 Å².